The number of H-pyrrole nitrogens is 1. The summed E-state index contributed by atoms with van der Waals surface area (Å²) in [6.07, 6.45) is 8.68. The second kappa shape index (κ2) is 6.51. The van der Waals surface area contributed by atoms with Crippen molar-refractivity contribution in [2.45, 2.75) is 18.5 Å². The number of anilines is 1. The van der Waals surface area contributed by atoms with Crippen molar-refractivity contribution in [3.05, 3.63) is 81.9 Å². The van der Waals surface area contributed by atoms with E-state index < -0.39 is 0 Å². The molecule has 0 fully saturated rings. The van der Waals surface area contributed by atoms with Gasteiger partial charge in [0.05, 0.1) is 6.04 Å². The van der Waals surface area contributed by atoms with E-state index in [1.165, 1.54) is 11.3 Å². The first-order chi connectivity index (χ1) is 13.2. The number of tetrazole rings is 1. The fraction of sp³-hybridized carbons (Fsp3) is 0.150. The SMILES string of the molecule is Clc1ccc(CN2c3ccc(-c4nn[nH]n4)cc3C3C=CC=CC32)c(Cl)c1. The van der Waals surface area contributed by atoms with Gasteiger partial charge in [0, 0.05) is 33.8 Å². The zero-order valence-corrected chi connectivity index (χ0v) is 15.7. The van der Waals surface area contributed by atoms with E-state index in [0.717, 1.165) is 11.1 Å². The molecule has 0 saturated heterocycles. The summed E-state index contributed by atoms with van der Waals surface area (Å²) < 4.78 is 0. The third-order valence-corrected chi connectivity index (χ3v) is 5.71. The van der Waals surface area contributed by atoms with Gasteiger partial charge in [-0.2, -0.15) is 5.21 Å². The van der Waals surface area contributed by atoms with E-state index in [0.29, 0.717) is 22.4 Å². The number of rotatable bonds is 3. The van der Waals surface area contributed by atoms with Gasteiger partial charge in [-0.1, -0.05) is 53.6 Å². The summed E-state index contributed by atoms with van der Waals surface area (Å²) in [7, 11) is 0. The van der Waals surface area contributed by atoms with Crippen molar-refractivity contribution in [1.82, 2.24) is 20.6 Å². The Morgan fingerprint density at radius 3 is 2.74 bits per heavy atom. The molecule has 0 amide bonds. The number of fused-ring (bicyclic) bond motifs is 3. The van der Waals surface area contributed by atoms with Crippen molar-refractivity contribution in [3.8, 4) is 11.4 Å². The molecule has 2 unspecified atom stereocenters. The summed E-state index contributed by atoms with van der Waals surface area (Å²) in [4.78, 5) is 2.38. The van der Waals surface area contributed by atoms with Gasteiger partial charge in [0.1, 0.15) is 0 Å². The predicted octanol–water partition coefficient (Wildman–Crippen LogP) is 4.77. The standard InChI is InChI=1S/C20H15Cl2N5/c21-14-7-5-13(17(22)10-14)11-27-18-4-2-1-3-15(18)16-9-12(6-8-19(16)27)20-23-25-26-24-20/h1-10,15,18H,11H2,(H,23,24,25,26). The van der Waals surface area contributed by atoms with Crippen LogP contribution in [0.2, 0.25) is 10.0 Å². The Bertz CT molecular complexity index is 1060. The summed E-state index contributed by atoms with van der Waals surface area (Å²) in [6.45, 7) is 0.712. The Balaban J connectivity index is 1.57. The Morgan fingerprint density at radius 2 is 1.93 bits per heavy atom. The Labute approximate surface area is 166 Å². The van der Waals surface area contributed by atoms with Crippen LogP contribution in [0.3, 0.4) is 0 Å². The van der Waals surface area contributed by atoms with Crippen LogP contribution >= 0.6 is 23.2 Å². The fourth-order valence-electron chi connectivity index (χ4n) is 3.87. The zero-order valence-electron chi connectivity index (χ0n) is 14.2. The lowest BCUT2D eigenvalue weighted by molar-refractivity contribution is 0.672. The molecule has 134 valence electrons. The molecular weight excluding hydrogens is 381 g/mol. The number of hydrogen-bond donors (Lipinski definition) is 1. The molecule has 1 aliphatic carbocycles. The quantitative estimate of drug-likeness (QED) is 0.693. The molecule has 27 heavy (non-hydrogen) atoms. The molecule has 0 saturated carbocycles. The number of aromatic nitrogens is 4. The number of benzene rings is 2. The summed E-state index contributed by atoms with van der Waals surface area (Å²) in [5.74, 6) is 0.881. The van der Waals surface area contributed by atoms with Gasteiger partial charge in [-0.15, -0.1) is 10.2 Å². The molecule has 3 aromatic rings. The average molecular weight is 396 g/mol. The van der Waals surface area contributed by atoms with Crippen molar-refractivity contribution < 1.29 is 0 Å². The third-order valence-electron chi connectivity index (χ3n) is 5.12. The van der Waals surface area contributed by atoms with Crippen molar-refractivity contribution in [2.75, 3.05) is 4.90 Å². The highest BCUT2D eigenvalue weighted by atomic mass is 35.5. The van der Waals surface area contributed by atoms with Gasteiger partial charge in [0.15, 0.2) is 0 Å². The van der Waals surface area contributed by atoms with Crippen LogP contribution in [-0.2, 0) is 6.54 Å². The number of allylic oxidation sites excluding steroid dienone is 2. The van der Waals surface area contributed by atoms with E-state index >= 15 is 0 Å². The Hall–Kier alpha value is -2.63. The van der Waals surface area contributed by atoms with E-state index in [1.54, 1.807) is 6.07 Å². The van der Waals surface area contributed by atoms with E-state index in [9.17, 15) is 0 Å². The largest absolute Gasteiger partial charge is 0.360 e. The second-order valence-corrected chi connectivity index (χ2v) is 7.50. The van der Waals surface area contributed by atoms with Crippen LogP contribution in [0, 0.1) is 0 Å². The first kappa shape index (κ1) is 16.5. The van der Waals surface area contributed by atoms with Crippen molar-refractivity contribution in [3.63, 3.8) is 0 Å². The highest BCUT2D eigenvalue weighted by molar-refractivity contribution is 6.35. The molecule has 7 heteroatoms. The van der Waals surface area contributed by atoms with Gasteiger partial charge in [-0.05, 0) is 46.7 Å². The van der Waals surface area contributed by atoms with Gasteiger partial charge >= 0.3 is 0 Å². The van der Waals surface area contributed by atoms with Crippen molar-refractivity contribution in [1.29, 1.82) is 0 Å². The molecular formula is C20H15Cl2N5. The first-order valence-corrected chi connectivity index (χ1v) is 9.39. The predicted molar refractivity (Wildman–Crippen MR) is 107 cm³/mol. The fourth-order valence-corrected chi connectivity index (χ4v) is 4.34. The molecule has 1 N–H and O–H groups in total. The number of nitrogens with zero attached hydrogens (tertiary/aromatic N) is 4. The number of nitrogens with one attached hydrogen (secondary N) is 1. The monoisotopic (exact) mass is 395 g/mol. The smallest absolute Gasteiger partial charge is 0.204 e. The molecule has 5 rings (SSSR count). The minimum Gasteiger partial charge on any atom is -0.360 e. The third kappa shape index (κ3) is 2.83. The van der Waals surface area contributed by atoms with Crippen LogP contribution in [0.1, 0.15) is 17.0 Å². The molecule has 1 aromatic heterocycles. The van der Waals surface area contributed by atoms with Crippen LogP contribution in [0.4, 0.5) is 5.69 Å². The maximum atomic E-state index is 6.43. The van der Waals surface area contributed by atoms with E-state index in [2.05, 4.69) is 62.0 Å². The minimum absolute atomic E-state index is 0.247. The van der Waals surface area contributed by atoms with Crippen molar-refractivity contribution >= 4 is 28.9 Å². The summed E-state index contributed by atoms with van der Waals surface area (Å²) in [6, 6.07) is 12.2. The highest BCUT2D eigenvalue weighted by Crippen LogP contribution is 2.46. The number of halogens is 2. The lowest BCUT2D eigenvalue weighted by Gasteiger charge is -2.29. The molecule has 2 heterocycles. The zero-order chi connectivity index (χ0) is 18.4. The summed E-state index contributed by atoms with van der Waals surface area (Å²) >= 11 is 12.5. The van der Waals surface area contributed by atoms with E-state index in [1.807, 2.05) is 18.2 Å². The summed E-state index contributed by atoms with van der Waals surface area (Å²) in [5.41, 5.74) is 4.46. The van der Waals surface area contributed by atoms with Gasteiger partial charge in [-0.3, -0.25) is 0 Å². The normalized spacial score (nSPS) is 20.0. The topological polar surface area (TPSA) is 57.7 Å². The van der Waals surface area contributed by atoms with E-state index in [4.69, 9.17) is 23.2 Å². The average Bonchev–Trinajstić information content (AvgIpc) is 3.31. The maximum absolute atomic E-state index is 6.43. The van der Waals surface area contributed by atoms with Gasteiger partial charge in [0.25, 0.3) is 0 Å². The molecule has 2 aromatic carbocycles. The lowest BCUT2D eigenvalue weighted by Crippen LogP contribution is -2.32. The molecule has 0 radical (unpaired) electrons. The highest BCUT2D eigenvalue weighted by Gasteiger charge is 2.36. The van der Waals surface area contributed by atoms with Gasteiger partial charge < -0.3 is 4.90 Å². The number of hydrogen-bond acceptors (Lipinski definition) is 4. The molecule has 2 aliphatic rings. The van der Waals surface area contributed by atoms with Gasteiger partial charge in [0.2, 0.25) is 5.82 Å². The minimum atomic E-state index is 0.247. The first-order valence-electron chi connectivity index (χ1n) is 8.64. The molecule has 0 bridgehead atoms. The molecule has 1 aliphatic heterocycles. The second-order valence-electron chi connectivity index (χ2n) is 6.66. The van der Waals surface area contributed by atoms with Crippen LogP contribution < -0.4 is 4.90 Å². The van der Waals surface area contributed by atoms with Crippen LogP contribution in [0.25, 0.3) is 11.4 Å². The molecule has 5 nitrogen and oxygen atoms in total. The molecule has 0 spiro atoms. The maximum Gasteiger partial charge on any atom is 0.204 e. The summed E-state index contributed by atoms with van der Waals surface area (Å²) in [5, 5.41) is 15.7. The van der Waals surface area contributed by atoms with Gasteiger partial charge in [-0.25, -0.2) is 0 Å². The van der Waals surface area contributed by atoms with Crippen LogP contribution in [-0.4, -0.2) is 26.7 Å². The van der Waals surface area contributed by atoms with E-state index in [-0.39, 0.29) is 12.0 Å². The Kier molecular flexibility index (Phi) is 3.99. The Morgan fingerprint density at radius 1 is 1.04 bits per heavy atom. The van der Waals surface area contributed by atoms with Crippen LogP contribution in [0.5, 0.6) is 0 Å². The number of aromatic amines is 1. The molecule has 2 atom stereocenters. The van der Waals surface area contributed by atoms with Crippen molar-refractivity contribution in [2.24, 2.45) is 0 Å². The lowest BCUT2D eigenvalue weighted by atomic mass is 9.90. The van der Waals surface area contributed by atoms with Crippen LogP contribution in [0.15, 0.2) is 60.7 Å².